The molecule has 1 aromatic rings. The van der Waals surface area contributed by atoms with Gasteiger partial charge in [-0.15, -0.1) is 0 Å². The van der Waals surface area contributed by atoms with Crippen LogP contribution in [0.25, 0.3) is 0 Å². The van der Waals surface area contributed by atoms with Crippen molar-refractivity contribution in [2.24, 2.45) is 7.05 Å². The lowest BCUT2D eigenvalue weighted by Crippen LogP contribution is -2.46. The normalized spacial score (nSPS) is 10.4. The number of carbonyl (C=O) groups excluding carboxylic acids is 1. The summed E-state index contributed by atoms with van der Waals surface area (Å²) >= 11 is 0. The van der Waals surface area contributed by atoms with Gasteiger partial charge in [-0.05, 0) is 13.8 Å². The van der Waals surface area contributed by atoms with E-state index in [1.165, 1.54) is 4.90 Å². The molecule has 0 atom stereocenters. The van der Waals surface area contributed by atoms with Crippen LogP contribution >= 0.6 is 0 Å². The molecule has 7 nitrogen and oxygen atoms in total. The van der Waals surface area contributed by atoms with Gasteiger partial charge >= 0.3 is 12.0 Å². The fourth-order valence-corrected chi connectivity index (χ4v) is 1.48. The Balaban J connectivity index is 2.53. The third kappa shape index (κ3) is 4.08. The van der Waals surface area contributed by atoms with Crippen molar-refractivity contribution < 1.29 is 14.7 Å². The number of nitrogens with one attached hydrogen (secondary N) is 1. The first-order valence-corrected chi connectivity index (χ1v) is 5.64. The summed E-state index contributed by atoms with van der Waals surface area (Å²) in [4.78, 5) is 23.7. The van der Waals surface area contributed by atoms with Crippen LogP contribution in [0.3, 0.4) is 0 Å². The van der Waals surface area contributed by atoms with E-state index >= 15 is 0 Å². The highest BCUT2D eigenvalue weighted by Crippen LogP contribution is 2.00. The predicted octanol–water partition coefficient (Wildman–Crippen LogP) is 0.425. The average molecular weight is 254 g/mol. The summed E-state index contributed by atoms with van der Waals surface area (Å²) in [6.45, 7) is 3.56. The number of hydrogen-bond acceptors (Lipinski definition) is 3. The molecule has 0 aliphatic rings. The standard InChI is InChI=1S/C11H18N4O3/c1-8(2)15(7-10(16)17)11(18)12-4-9-5-13-14(3)6-9/h5-6,8H,4,7H2,1-3H3,(H,12,18)(H,16,17). The van der Waals surface area contributed by atoms with Crippen LogP contribution in [-0.2, 0) is 18.4 Å². The quantitative estimate of drug-likeness (QED) is 0.797. The molecule has 0 aliphatic carbocycles. The number of urea groups is 1. The van der Waals surface area contributed by atoms with Gasteiger partial charge in [-0.1, -0.05) is 0 Å². The van der Waals surface area contributed by atoms with Gasteiger partial charge in [-0.25, -0.2) is 4.79 Å². The van der Waals surface area contributed by atoms with Crippen LogP contribution in [0.1, 0.15) is 19.4 Å². The van der Waals surface area contributed by atoms with Crippen molar-refractivity contribution in [2.75, 3.05) is 6.54 Å². The van der Waals surface area contributed by atoms with E-state index in [1.807, 2.05) is 0 Å². The molecule has 7 heteroatoms. The summed E-state index contributed by atoms with van der Waals surface area (Å²) in [5.74, 6) is -1.03. The summed E-state index contributed by atoms with van der Waals surface area (Å²) in [6.07, 6.45) is 3.44. The van der Waals surface area contributed by atoms with Crippen molar-refractivity contribution in [1.29, 1.82) is 0 Å². The van der Waals surface area contributed by atoms with Crippen LogP contribution in [0.15, 0.2) is 12.4 Å². The van der Waals surface area contributed by atoms with Gasteiger partial charge in [0.1, 0.15) is 6.54 Å². The van der Waals surface area contributed by atoms with E-state index in [1.54, 1.807) is 38.0 Å². The third-order valence-electron chi connectivity index (χ3n) is 2.39. The van der Waals surface area contributed by atoms with Crippen LogP contribution in [0.4, 0.5) is 4.79 Å². The molecule has 100 valence electrons. The highest BCUT2D eigenvalue weighted by atomic mass is 16.4. The van der Waals surface area contributed by atoms with Crippen LogP contribution in [0.5, 0.6) is 0 Å². The van der Waals surface area contributed by atoms with Crippen molar-refractivity contribution in [3.63, 3.8) is 0 Å². The van der Waals surface area contributed by atoms with Gasteiger partial charge in [0.25, 0.3) is 0 Å². The van der Waals surface area contributed by atoms with Crippen molar-refractivity contribution in [3.8, 4) is 0 Å². The molecule has 0 saturated heterocycles. The maximum Gasteiger partial charge on any atom is 0.323 e. The summed E-state index contributed by atoms with van der Waals surface area (Å²) in [5.41, 5.74) is 0.866. The third-order valence-corrected chi connectivity index (χ3v) is 2.39. The largest absolute Gasteiger partial charge is 0.480 e. The van der Waals surface area contributed by atoms with Crippen molar-refractivity contribution >= 4 is 12.0 Å². The molecule has 2 N–H and O–H groups in total. The second-order valence-electron chi connectivity index (χ2n) is 4.30. The van der Waals surface area contributed by atoms with Crippen molar-refractivity contribution in [1.82, 2.24) is 20.0 Å². The lowest BCUT2D eigenvalue weighted by Gasteiger charge is -2.24. The van der Waals surface area contributed by atoms with Crippen molar-refractivity contribution in [3.05, 3.63) is 18.0 Å². The monoisotopic (exact) mass is 254 g/mol. The lowest BCUT2D eigenvalue weighted by molar-refractivity contribution is -0.138. The van der Waals surface area contributed by atoms with Gasteiger partial charge in [0, 0.05) is 31.4 Å². The Morgan fingerprint density at radius 1 is 1.56 bits per heavy atom. The van der Waals surface area contributed by atoms with E-state index in [-0.39, 0.29) is 12.6 Å². The average Bonchev–Trinajstić information content (AvgIpc) is 2.68. The Morgan fingerprint density at radius 2 is 2.22 bits per heavy atom. The molecule has 1 aromatic heterocycles. The molecule has 18 heavy (non-hydrogen) atoms. The molecule has 0 radical (unpaired) electrons. The Labute approximate surface area is 105 Å². The number of nitrogens with zero attached hydrogens (tertiary/aromatic N) is 3. The molecule has 0 aromatic carbocycles. The maximum atomic E-state index is 11.8. The van der Waals surface area contributed by atoms with Crippen LogP contribution in [0, 0.1) is 0 Å². The molecule has 0 fully saturated rings. The second kappa shape index (κ2) is 6.04. The van der Waals surface area contributed by atoms with Gasteiger partial charge in [0.15, 0.2) is 0 Å². The maximum absolute atomic E-state index is 11.8. The van der Waals surface area contributed by atoms with E-state index in [9.17, 15) is 9.59 Å². The topological polar surface area (TPSA) is 87.5 Å². The molecule has 2 amide bonds. The molecular weight excluding hydrogens is 236 g/mol. The SMILES string of the molecule is CC(C)N(CC(=O)O)C(=O)NCc1cnn(C)c1. The number of rotatable bonds is 5. The summed E-state index contributed by atoms with van der Waals surface area (Å²) < 4.78 is 1.64. The minimum atomic E-state index is -1.03. The summed E-state index contributed by atoms with van der Waals surface area (Å²) in [5, 5.41) is 15.4. The molecule has 0 bridgehead atoms. The van der Waals surface area contributed by atoms with E-state index in [4.69, 9.17) is 5.11 Å². The van der Waals surface area contributed by atoms with Crippen LogP contribution < -0.4 is 5.32 Å². The zero-order chi connectivity index (χ0) is 13.7. The lowest BCUT2D eigenvalue weighted by atomic mass is 10.3. The Kier molecular flexibility index (Phi) is 4.70. The number of carboxylic acids is 1. The van der Waals surface area contributed by atoms with Gasteiger partial charge in [-0.2, -0.15) is 5.10 Å². The van der Waals surface area contributed by atoms with Crippen molar-refractivity contribution in [2.45, 2.75) is 26.4 Å². The van der Waals surface area contributed by atoms with Gasteiger partial charge in [-0.3, -0.25) is 9.48 Å². The Morgan fingerprint density at radius 3 is 2.67 bits per heavy atom. The number of aromatic nitrogens is 2. The molecule has 1 heterocycles. The zero-order valence-corrected chi connectivity index (χ0v) is 10.8. The number of aliphatic carboxylic acids is 1. The number of hydrogen-bond donors (Lipinski definition) is 2. The molecular formula is C11H18N4O3. The van der Waals surface area contributed by atoms with E-state index < -0.39 is 12.0 Å². The molecule has 0 unspecified atom stereocenters. The molecule has 1 rings (SSSR count). The predicted molar refractivity (Wildman–Crippen MR) is 64.9 cm³/mol. The minimum absolute atomic E-state index is 0.171. The molecule has 0 spiro atoms. The highest BCUT2D eigenvalue weighted by molar-refractivity contribution is 5.80. The Bertz CT molecular complexity index is 428. The van der Waals surface area contributed by atoms with E-state index in [0.717, 1.165) is 5.56 Å². The number of carboxylic acid groups (broad SMARTS) is 1. The fourth-order valence-electron chi connectivity index (χ4n) is 1.48. The summed E-state index contributed by atoms with van der Waals surface area (Å²) in [7, 11) is 1.79. The van der Waals surface area contributed by atoms with Gasteiger partial charge in [0.2, 0.25) is 0 Å². The Hall–Kier alpha value is -2.05. The van der Waals surface area contributed by atoms with Gasteiger partial charge in [0.05, 0.1) is 6.20 Å². The first kappa shape index (κ1) is 14.0. The smallest absolute Gasteiger partial charge is 0.323 e. The van der Waals surface area contributed by atoms with E-state index in [2.05, 4.69) is 10.4 Å². The first-order valence-electron chi connectivity index (χ1n) is 5.64. The summed E-state index contributed by atoms with van der Waals surface area (Å²) in [6, 6.07) is -0.564. The van der Waals surface area contributed by atoms with Crippen LogP contribution in [-0.4, -0.2) is 44.4 Å². The second-order valence-corrected chi connectivity index (χ2v) is 4.30. The zero-order valence-electron chi connectivity index (χ0n) is 10.8. The molecule has 0 saturated carbocycles. The number of aryl methyl sites for hydroxylation is 1. The first-order chi connectivity index (χ1) is 8.40. The minimum Gasteiger partial charge on any atom is -0.480 e. The van der Waals surface area contributed by atoms with Gasteiger partial charge < -0.3 is 15.3 Å². The number of carbonyl (C=O) groups is 2. The van der Waals surface area contributed by atoms with Crippen LogP contribution in [0.2, 0.25) is 0 Å². The molecule has 0 aliphatic heterocycles. The van der Waals surface area contributed by atoms with E-state index in [0.29, 0.717) is 6.54 Å². The highest BCUT2D eigenvalue weighted by Gasteiger charge is 2.19. The fraction of sp³-hybridized carbons (Fsp3) is 0.545. The number of amides is 2.